The van der Waals surface area contributed by atoms with E-state index in [0.717, 1.165) is 33.8 Å². The number of ether oxygens (including phenoxy) is 1. The summed E-state index contributed by atoms with van der Waals surface area (Å²) in [5.41, 5.74) is 6.05. The Labute approximate surface area is 176 Å². The molecule has 3 rings (SSSR count). The van der Waals surface area contributed by atoms with Crippen molar-refractivity contribution in [3.05, 3.63) is 82.7 Å². The lowest BCUT2D eigenvalue weighted by atomic mass is 10.1. The largest absolute Gasteiger partial charge is 0.456 e. The fourth-order valence-corrected chi connectivity index (χ4v) is 3.36. The number of hydrogen-bond acceptors (Lipinski definition) is 4. The summed E-state index contributed by atoms with van der Waals surface area (Å²) in [6, 6.07) is 17.7. The predicted molar refractivity (Wildman–Crippen MR) is 115 cm³/mol. The van der Waals surface area contributed by atoms with E-state index in [4.69, 9.17) is 4.74 Å². The number of aryl methyl sites for hydroxylation is 2. The van der Waals surface area contributed by atoms with Crippen molar-refractivity contribution in [1.82, 2.24) is 15.1 Å². The van der Waals surface area contributed by atoms with E-state index in [0.29, 0.717) is 13.0 Å². The van der Waals surface area contributed by atoms with Crippen LogP contribution in [0.5, 0.6) is 0 Å². The van der Waals surface area contributed by atoms with Crippen molar-refractivity contribution in [2.75, 3.05) is 6.61 Å². The normalized spacial score (nSPS) is 10.6. The molecule has 1 heterocycles. The maximum absolute atomic E-state index is 12.1. The van der Waals surface area contributed by atoms with Gasteiger partial charge in [0.1, 0.15) is 0 Å². The van der Waals surface area contributed by atoms with Gasteiger partial charge in [0.25, 0.3) is 5.91 Å². The summed E-state index contributed by atoms with van der Waals surface area (Å²) < 4.78 is 7.02. The highest BCUT2D eigenvalue weighted by Crippen LogP contribution is 2.19. The van der Waals surface area contributed by atoms with E-state index in [1.807, 2.05) is 80.1 Å². The average molecular weight is 405 g/mol. The van der Waals surface area contributed by atoms with Crippen LogP contribution in [0.1, 0.15) is 34.5 Å². The van der Waals surface area contributed by atoms with Crippen molar-refractivity contribution >= 4 is 11.9 Å². The fraction of sp³-hybridized carbons (Fsp3) is 0.292. The summed E-state index contributed by atoms with van der Waals surface area (Å²) >= 11 is 0. The molecular formula is C24H27N3O3. The standard InChI is InChI=1S/C24H27N3O3/c1-17-9-7-8-10-20(17)15-25-23(28)16-30-24(29)14-13-22-18(2)26-27(19(22)3)21-11-5-4-6-12-21/h4-12H,13-16H2,1-3H3,(H,25,28). The van der Waals surface area contributed by atoms with Crippen LogP contribution < -0.4 is 5.32 Å². The molecule has 0 bridgehead atoms. The maximum Gasteiger partial charge on any atom is 0.306 e. The molecule has 0 fully saturated rings. The van der Waals surface area contributed by atoms with Crippen LogP contribution in [-0.2, 0) is 27.3 Å². The third-order valence-corrected chi connectivity index (χ3v) is 5.12. The van der Waals surface area contributed by atoms with Gasteiger partial charge in [-0.15, -0.1) is 0 Å². The zero-order chi connectivity index (χ0) is 21.5. The third kappa shape index (κ3) is 5.35. The van der Waals surface area contributed by atoms with E-state index in [-0.39, 0.29) is 18.9 Å². The minimum atomic E-state index is -0.396. The molecule has 0 atom stereocenters. The number of rotatable bonds is 8. The zero-order valence-electron chi connectivity index (χ0n) is 17.6. The van der Waals surface area contributed by atoms with Crippen LogP contribution in [0.15, 0.2) is 54.6 Å². The molecule has 0 saturated carbocycles. The van der Waals surface area contributed by atoms with Crippen molar-refractivity contribution in [3.63, 3.8) is 0 Å². The Bertz CT molecular complexity index is 1030. The van der Waals surface area contributed by atoms with Crippen LogP contribution in [0.25, 0.3) is 5.69 Å². The van der Waals surface area contributed by atoms with Gasteiger partial charge in [-0.1, -0.05) is 42.5 Å². The molecule has 1 amide bonds. The van der Waals surface area contributed by atoms with E-state index in [2.05, 4.69) is 10.4 Å². The van der Waals surface area contributed by atoms with Crippen LogP contribution in [-0.4, -0.2) is 28.3 Å². The van der Waals surface area contributed by atoms with E-state index >= 15 is 0 Å². The molecule has 0 spiro atoms. The van der Waals surface area contributed by atoms with E-state index in [9.17, 15) is 9.59 Å². The van der Waals surface area contributed by atoms with Crippen molar-refractivity contribution in [1.29, 1.82) is 0 Å². The molecule has 6 nitrogen and oxygen atoms in total. The van der Waals surface area contributed by atoms with Gasteiger partial charge in [0.05, 0.1) is 11.4 Å². The number of hydrogen-bond donors (Lipinski definition) is 1. The van der Waals surface area contributed by atoms with E-state index in [1.165, 1.54) is 0 Å². The molecule has 6 heteroatoms. The maximum atomic E-state index is 12.1. The molecule has 0 saturated heterocycles. The quantitative estimate of drug-likeness (QED) is 0.581. The Morgan fingerprint density at radius 2 is 1.70 bits per heavy atom. The molecule has 0 aliphatic rings. The highest BCUT2D eigenvalue weighted by Gasteiger charge is 2.15. The van der Waals surface area contributed by atoms with Gasteiger partial charge in [0.2, 0.25) is 0 Å². The Hall–Kier alpha value is -3.41. The third-order valence-electron chi connectivity index (χ3n) is 5.12. The second-order valence-electron chi connectivity index (χ2n) is 7.26. The summed E-state index contributed by atoms with van der Waals surface area (Å²) in [6.07, 6.45) is 0.724. The topological polar surface area (TPSA) is 73.2 Å². The van der Waals surface area contributed by atoms with Crippen molar-refractivity contribution in [2.24, 2.45) is 0 Å². The molecule has 1 N–H and O–H groups in total. The van der Waals surface area contributed by atoms with Crippen LogP contribution in [0.2, 0.25) is 0 Å². The first-order valence-electron chi connectivity index (χ1n) is 10.0. The summed E-state index contributed by atoms with van der Waals surface area (Å²) in [4.78, 5) is 24.1. The van der Waals surface area contributed by atoms with Gasteiger partial charge < -0.3 is 10.1 Å². The Balaban J connectivity index is 1.47. The monoisotopic (exact) mass is 405 g/mol. The molecule has 2 aromatic carbocycles. The first-order chi connectivity index (χ1) is 14.5. The van der Waals surface area contributed by atoms with Gasteiger partial charge in [0, 0.05) is 18.7 Å². The van der Waals surface area contributed by atoms with Crippen molar-refractivity contribution in [2.45, 2.75) is 40.2 Å². The number of amides is 1. The molecule has 0 aliphatic heterocycles. The fourth-order valence-electron chi connectivity index (χ4n) is 3.36. The van der Waals surface area contributed by atoms with Gasteiger partial charge in [-0.3, -0.25) is 9.59 Å². The van der Waals surface area contributed by atoms with Crippen LogP contribution in [0, 0.1) is 20.8 Å². The summed E-state index contributed by atoms with van der Waals surface area (Å²) in [6.45, 7) is 6.07. The second-order valence-corrected chi connectivity index (χ2v) is 7.26. The number of para-hydroxylation sites is 1. The number of nitrogens with zero attached hydrogens (tertiary/aromatic N) is 2. The van der Waals surface area contributed by atoms with Crippen LogP contribution in [0.4, 0.5) is 0 Å². The lowest BCUT2D eigenvalue weighted by Gasteiger charge is -2.09. The highest BCUT2D eigenvalue weighted by molar-refractivity contribution is 5.80. The molecule has 0 unspecified atom stereocenters. The molecule has 3 aromatic rings. The van der Waals surface area contributed by atoms with Crippen LogP contribution in [0.3, 0.4) is 0 Å². The second kappa shape index (κ2) is 9.87. The lowest BCUT2D eigenvalue weighted by Crippen LogP contribution is -2.28. The van der Waals surface area contributed by atoms with E-state index < -0.39 is 5.97 Å². The van der Waals surface area contributed by atoms with Gasteiger partial charge in [0.15, 0.2) is 6.61 Å². The number of esters is 1. The molecular weight excluding hydrogens is 378 g/mol. The van der Waals surface area contributed by atoms with Crippen molar-refractivity contribution in [3.8, 4) is 5.69 Å². The summed E-state index contributed by atoms with van der Waals surface area (Å²) in [7, 11) is 0. The number of carbonyl (C=O) groups excluding carboxylic acids is 2. The average Bonchev–Trinajstić information content (AvgIpc) is 3.04. The minimum absolute atomic E-state index is 0.202. The number of benzene rings is 2. The number of aromatic nitrogens is 2. The predicted octanol–water partition coefficient (Wildman–Crippen LogP) is 3.59. The first kappa shape index (κ1) is 21.3. The summed E-state index contributed by atoms with van der Waals surface area (Å²) in [5.74, 6) is -0.705. The molecule has 1 aromatic heterocycles. The molecule has 156 valence electrons. The molecule has 0 radical (unpaired) electrons. The van der Waals surface area contributed by atoms with Gasteiger partial charge in [-0.2, -0.15) is 5.10 Å². The molecule has 0 aliphatic carbocycles. The van der Waals surface area contributed by atoms with Gasteiger partial charge in [-0.05, 0) is 56.0 Å². The zero-order valence-corrected chi connectivity index (χ0v) is 17.6. The smallest absolute Gasteiger partial charge is 0.306 e. The van der Waals surface area contributed by atoms with Crippen LogP contribution >= 0.6 is 0 Å². The Kier molecular flexibility index (Phi) is 7.01. The highest BCUT2D eigenvalue weighted by atomic mass is 16.5. The minimum Gasteiger partial charge on any atom is -0.456 e. The number of nitrogens with one attached hydrogen (secondary N) is 1. The van der Waals surface area contributed by atoms with Gasteiger partial charge >= 0.3 is 5.97 Å². The van der Waals surface area contributed by atoms with E-state index in [1.54, 1.807) is 0 Å². The van der Waals surface area contributed by atoms with Crippen molar-refractivity contribution < 1.29 is 14.3 Å². The van der Waals surface area contributed by atoms with Gasteiger partial charge in [-0.25, -0.2) is 4.68 Å². The molecule has 30 heavy (non-hydrogen) atoms. The Morgan fingerprint density at radius 1 is 1.00 bits per heavy atom. The first-order valence-corrected chi connectivity index (χ1v) is 10.0. The SMILES string of the molecule is Cc1ccccc1CNC(=O)COC(=O)CCc1c(C)nn(-c2ccccc2)c1C. The summed E-state index contributed by atoms with van der Waals surface area (Å²) in [5, 5.41) is 7.37. The number of carbonyl (C=O) groups is 2. The Morgan fingerprint density at radius 3 is 2.43 bits per heavy atom. The lowest BCUT2D eigenvalue weighted by molar-refractivity contribution is -0.148.